The van der Waals surface area contributed by atoms with E-state index in [0.29, 0.717) is 5.92 Å². The number of aliphatic hydroxyl groups excluding tert-OH is 2. The molecule has 1 aromatic carbocycles. The van der Waals surface area contributed by atoms with Crippen molar-refractivity contribution in [2.75, 3.05) is 6.61 Å². The van der Waals surface area contributed by atoms with Crippen molar-refractivity contribution in [3.8, 4) is 5.75 Å². The van der Waals surface area contributed by atoms with Crippen molar-refractivity contribution in [3.63, 3.8) is 0 Å². The van der Waals surface area contributed by atoms with Gasteiger partial charge in [-0.15, -0.1) is 0 Å². The zero-order chi connectivity index (χ0) is 14.7. The van der Waals surface area contributed by atoms with E-state index in [0.717, 1.165) is 25.0 Å². The van der Waals surface area contributed by atoms with Crippen LogP contribution in [0.2, 0.25) is 0 Å². The Morgan fingerprint density at radius 1 is 1.33 bits per heavy atom. The number of allylic oxidation sites excluding steroid dienone is 3. The van der Waals surface area contributed by atoms with Crippen molar-refractivity contribution < 1.29 is 14.9 Å². The topological polar surface area (TPSA) is 49.7 Å². The molecule has 0 aromatic heterocycles. The maximum atomic E-state index is 10.1. The molecule has 0 amide bonds. The number of benzene rings is 1. The van der Waals surface area contributed by atoms with Crippen LogP contribution in [-0.2, 0) is 0 Å². The lowest BCUT2D eigenvalue weighted by Crippen LogP contribution is -2.20. The van der Waals surface area contributed by atoms with Crippen molar-refractivity contribution in [2.45, 2.75) is 31.5 Å². The Kier molecular flexibility index (Phi) is 4.13. The van der Waals surface area contributed by atoms with Crippen LogP contribution in [0.5, 0.6) is 5.75 Å². The summed E-state index contributed by atoms with van der Waals surface area (Å²) in [5.41, 5.74) is -0.0624. The molecule has 3 nitrogen and oxygen atoms in total. The summed E-state index contributed by atoms with van der Waals surface area (Å²) in [5.74, 6) is 1.24. The first kappa shape index (κ1) is 14.4. The molecular formula is C18H22O3. The standard InChI is InChI=1S/C18H22O3/c19-15(13-21-17-6-2-1-3-7-17)8-10-18-9-4-5-14(18)11-16(20)12-18/h1-4,6-10,14-16,19-20H,5,11-13H2/b10-8+/t14?,15-,16?,18?/m0/s1. The molecule has 0 bridgehead atoms. The molecule has 2 aliphatic carbocycles. The Morgan fingerprint density at radius 2 is 2.14 bits per heavy atom. The SMILES string of the molecule is OC1CC2CC=CC2(/C=C/[C@H](O)COc2ccccc2)C1. The monoisotopic (exact) mass is 286 g/mol. The Labute approximate surface area is 125 Å². The highest BCUT2D eigenvalue weighted by atomic mass is 16.5. The highest BCUT2D eigenvalue weighted by Crippen LogP contribution is 2.51. The lowest BCUT2D eigenvalue weighted by atomic mass is 9.80. The van der Waals surface area contributed by atoms with Gasteiger partial charge in [0.2, 0.25) is 0 Å². The predicted molar refractivity (Wildman–Crippen MR) is 82.0 cm³/mol. The smallest absolute Gasteiger partial charge is 0.119 e. The highest BCUT2D eigenvalue weighted by molar-refractivity contribution is 5.24. The molecule has 0 spiro atoms. The molecule has 0 radical (unpaired) electrons. The molecule has 1 saturated carbocycles. The number of rotatable bonds is 5. The van der Waals surface area contributed by atoms with Crippen molar-refractivity contribution in [1.82, 2.24) is 0 Å². The first-order valence-electron chi connectivity index (χ1n) is 7.59. The van der Waals surface area contributed by atoms with Gasteiger partial charge in [0.15, 0.2) is 0 Å². The van der Waals surface area contributed by atoms with Gasteiger partial charge in [-0.3, -0.25) is 0 Å². The van der Waals surface area contributed by atoms with Gasteiger partial charge in [0, 0.05) is 5.41 Å². The van der Waals surface area contributed by atoms with Crippen molar-refractivity contribution in [2.24, 2.45) is 11.3 Å². The first-order chi connectivity index (χ1) is 10.2. The molecule has 2 aliphatic rings. The second-order valence-electron chi connectivity index (χ2n) is 6.09. The third-order valence-electron chi connectivity index (χ3n) is 4.55. The van der Waals surface area contributed by atoms with E-state index in [-0.39, 0.29) is 18.1 Å². The molecule has 1 fully saturated rings. The van der Waals surface area contributed by atoms with Gasteiger partial charge in [-0.2, -0.15) is 0 Å². The number of ether oxygens (including phenoxy) is 1. The molecule has 2 N–H and O–H groups in total. The summed E-state index contributed by atoms with van der Waals surface area (Å²) in [4.78, 5) is 0. The minimum atomic E-state index is -0.632. The summed E-state index contributed by atoms with van der Waals surface area (Å²) in [7, 11) is 0. The van der Waals surface area contributed by atoms with Gasteiger partial charge in [-0.1, -0.05) is 42.5 Å². The lowest BCUT2D eigenvalue weighted by molar-refractivity contribution is 0.143. The maximum absolute atomic E-state index is 10.1. The van der Waals surface area contributed by atoms with Crippen LogP contribution in [0.3, 0.4) is 0 Å². The fourth-order valence-electron chi connectivity index (χ4n) is 3.48. The maximum Gasteiger partial charge on any atom is 0.119 e. The number of hydrogen-bond donors (Lipinski definition) is 2. The minimum Gasteiger partial charge on any atom is -0.491 e. The summed E-state index contributed by atoms with van der Waals surface area (Å²) in [6.07, 6.45) is 10.0. The van der Waals surface area contributed by atoms with Gasteiger partial charge in [-0.25, -0.2) is 0 Å². The van der Waals surface area contributed by atoms with Crippen LogP contribution in [0.15, 0.2) is 54.6 Å². The van der Waals surface area contributed by atoms with Gasteiger partial charge in [0.1, 0.15) is 18.5 Å². The number of hydrogen-bond acceptors (Lipinski definition) is 3. The molecule has 4 atom stereocenters. The molecule has 0 heterocycles. The summed E-state index contributed by atoms with van der Waals surface area (Å²) in [6, 6.07) is 9.49. The van der Waals surface area contributed by atoms with Crippen LogP contribution in [0.25, 0.3) is 0 Å². The van der Waals surface area contributed by atoms with E-state index in [4.69, 9.17) is 4.74 Å². The molecule has 3 rings (SSSR count). The van der Waals surface area contributed by atoms with Gasteiger partial charge in [-0.05, 0) is 37.3 Å². The second kappa shape index (κ2) is 6.04. The molecule has 0 aliphatic heterocycles. The quantitative estimate of drug-likeness (QED) is 0.818. The normalized spacial score (nSPS) is 32.5. The molecule has 21 heavy (non-hydrogen) atoms. The predicted octanol–water partition coefficient (Wildman–Crippen LogP) is 2.70. The van der Waals surface area contributed by atoms with Gasteiger partial charge >= 0.3 is 0 Å². The first-order valence-corrected chi connectivity index (χ1v) is 7.59. The van der Waals surface area contributed by atoms with E-state index in [1.807, 2.05) is 36.4 Å². The van der Waals surface area contributed by atoms with E-state index in [1.54, 1.807) is 0 Å². The van der Waals surface area contributed by atoms with E-state index in [9.17, 15) is 10.2 Å². The highest BCUT2D eigenvalue weighted by Gasteiger charge is 2.45. The molecular weight excluding hydrogens is 264 g/mol. The van der Waals surface area contributed by atoms with Gasteiger partial charge in [0.25, 0.3) is 0 Å². The lowest BCUT2D eigenvalue weighted by Gasteiger charge is -2.24. The largest absolute Gasteiger partial charge is 0.491 e. The third-order valence-corrected chi connectivity index (χ3v) is 4.55. The number of aliphatic hydroxyl groups is 2. The van der Waals surface area contributed by atoms with E-state index >= 15 is 0 Å². The Bertz CT molecular complexity index is 523. The summed E-state index contributed by atoms with van der Waals surface area (Å²) in [6.45, 7) is 0.244. The fourth-order valence-corrected chi connectivity index (χ4v) is 3.48. The Balaban J connectivity index is 1.57. The number of para-hydroxylation sites is 1. The second-order valence-corrected chi connectivity index (χ2v) is 6.09. The van der Waals surface area contributed by atoms with Crippen LogP contribution < -0.4 is 4.74 Å². The minimum absolute atomic E-state index is 0.0624. The van der Waals surface area contributed by atoms with Gasteiger partial charge in [0.05, 0.1) is 6.10 Å². The van der Waals surface area contributed by atoms with Crippen LogP contribution in [0.4, 0.5) is 0 Å². The Morgan fingerprint density at radius 3 is 2.95 bits per heavy atom. The van der Waals surface area contributed by atoms with E-state index < -0.39 is 6.10 Å². The summed E-state index contributed by atoms with van der Waals surface area (Å²) < 4.78 is 5.54. The fraction of sp³-hybridized carbons (Fsp3) is 0.444. The Hall–Kier alpha value is -1.58. The molecule has 3 unspecified atom stereocenters. The average Bonchev–Trinajstić information content (AvgIpc) is 3.00. The van der Waals surface area contributed by atoms with E-state index in [1.165, 1.54) is 0 Å². The molecule has 3 heteroatoms. The number of fused-ring (bicyclic) bond motifs is 1. The van der Waals surface area contributed by atoms with Crippen LogP contribution in [0, 0.1) is 11.3 Å². The molecule has 1 aromatic rings. The summed E-state index contributed by atoms with van der Waals surface area (Å²) >= 11 is 0. The van der Waals surface area contributed by atoms with Crippen molar-refractivity contribution in [1.29, 1.82) is 0 Å². The molecule has 112 valence electrons. The van der Waals surface area contributed by atoms with E-state index in [2.05, 4.69) is 18.2 Å². The van der Waals surface area contributed by atoms with Crippen LogP contribution in [-0.4, -0.2) is 29.0 Å². The zero-order valence-corrected chi connectivity index (χ0v) is 12.1. The summed E-state index contributed by atoms with van der Waals surface area (Å²) in [5, 5.41) is 19.9. The third kappa shape index (κ3) is 3.20. The van der Waals surface area contributed by atoms with Crippen LogP contribution in [0.1, 0.15) is 19.3 Å². The zero-order valence-electron chi connectivity index (χ0n) is 12.1. The molecule has 0 saturated heterocycles. The van der Waals surface area contributed by atoms with Gasteiger partial charge < -0.3 is 14.9 Å². The van der Waals surface area contributed by atoms with Crippen molar-refractivity contribution >= 4 is 0 Å². The van der Waals surface area contributed by atoms with Crippen LogP contribution >= 0.6 is 0 Å². The average molecular weight is 286 g/mol. The van der Waals surface area contributed by atoms with Crippen molar-refractivity contribution in [3.05, 3.63) is 54.6 Å².